The minimum absolute atomic E-state index is 0.617. The summed E-state index contributed by atoms with van der Waals surface area (Å²) in [5.41, 5.74) is 6.91. The minimum atomic E-state index is 0.617. The van der Waals surface area contributed by atoms with Crippen molar-refractivity contribution in [1.29, 1.82) is 0 Å². The normalized spacial score (nSPS) is 19.4. The quantitative estimate of drug-likeness (QED) is 0.843. The van der Waals surface area contributed by atoms with Gasteiger partial charge in [-0.2, -0.15) is 0 Å². The third-order valence-electron chi connectivity index (χ3n) is 3.75. The molecule has 0 unspecified atom stereocenters. The maximum Gasteiger partial charge on any atom is 0.137 e. The van der Waals surface area contributed by atoms with Crippen molar-refractivity contribution in [2.45, 2.75) is 32.6 Å². The fraction of sp³-hybridized carbons (Fsp3) is 0.692. The Bertz CT molecular complexity index is 396. The number of hydrogen-bond acceptors (Lipinski definition) is 4. The van der Waals surface area contributed by atoms with Gasteiger partial charge in [-0.25, -0.2) is 9.97 Å². The highest BCUT2D eigenvalue weighted by atomic mass is 15.2. The van der Waals surface area contributed by atoms with Crippen LogP contribution >= 0.6 is 0 Å². The van der Waals surface area contributed by atoms with Crippen LogP contribution in [0.2, 0.25) is 0 Å². The van der Waals surface area contributed by atoms with Crippen LogP contribution in [0.15, 0.2) is 6.33 Å². The SMILES string of the molecule is Cc1c(N)ncnc1N(CC1CC1)CC1CC1. The molecule has 2 saturated carbocycles. The van der Waals surface area contributed by atoms with E-state index in [2.05, 4.69) is 14.9 Å². The van der Waals surface area contributed by atoms with E-state index in [1.807, 2.05) is 6.92 Å². The maximum absolute atomic E-state index is 5.87. The van der Waals surface area contributed by atoms with Crippen molar-refractivity contribution in [1.82, 2.24) is 9.97 Å². The minimum Gasteiger partial charge on any atom is -0.383 e. The fourth-order valence-corrected chi connectivity index (χ4v) is 2.24. The Balaban J connectivity index is 1.81. The van der Waals surface area contributed by atoms with Crippen LogP contribution in [0.4, 0.5) is 11.6 Å². The van der Waals surface area contributed by atoms with Crippen LogP contribution in [-0.4, -0.2) is 23.1 Å². The Labute approximate surface area is 102 Å². The highest BCUT2D eigenvalue weighted by molar-refractivity contribution is 5.55. The summed E-state index contributed by atoms with van der Waals surface area (Å²) in [6.45, 7) is 4.32. The van der Waals surface area contributed by atoms with Crippen LogP contribution in [-0.2, 0) is 0 Å². The van der Waals surface area contributed by atoms with Gasteiger partial charge in [0.1, 0.15) is 18.0 Å². The van der Waals surface area contributed by atoms with Gasteiger partial charge in [0.15, 0.2) is 0 Å². The standard InChI is InChI=1S/C13H20N4/c1-9-12(14)15-8-16-13(9)17(6-10-2-3-10)7-11-4-5-11/h8,10-11H,2-7H2,1H3,(H2,14,15,16). The largest absolute Gasteiger partial charge is 0.383 e. The molecular formula is C13H20N4. The average Bonchev–Trinajstić information content (AvgIpc) is 3.16. The van der Waals surface area contributed by atoms with Gasteiger partial charge in [0.05, 0.1) is 0 Å². The number of aromatic nitrogens is 2. The lowest BCUT2D eigenvalue weighted by atomic mass is 10.2. The molecular weight excluding hydrogens is 212 g/mol. The van der Waals surface area contributed by atoms with Crippen LogP contribution in [0.5, 0.6) is 0 Å². The van der Waals surface area contributed by atoms with E-state index in [1.54, 1.807) is 6.33 Å². The number of nitrogens with two attached hydrogens (primary N) is 1. The molecule has 0 aliphatic heterocycles. The van der Waals surface area contributed by atoms with Gasteiger partial charge in [0.25, 0.3) is 0 Å². The third kappa shape index (κ3) is 2.51. The zero-order valence-corrected chi connectivity index (χ0v) is 10.4. The highest BCUT2D eigenvalue weighted by Crippen LogP contribution is 2.36. The molecule has 92 valence electrons. The molecule has 1 heterocycles. The highest BCUT2D eigenvalue weighted by Gasteiger charge is 2.30. The molecule has 4 nitrogen and oxygen atoms in total. The third-order valence-corrected chi connectivity index (χ3v) is 3.75. The lowest BCUT2D eigenvalue weighted by Crippen LogP contribution is -2.30. The molecule has 3 rings (SSSR count). The van der Waals surface area contributed by atoms with Crippen molar-refractivity contribution in [2.75, 3.05) is 23.7 Å². The van der Waals surface area contributed by atoms with E-state index in [4.69, 9.17) is 5.73 Å². The van der Waals surface area contributed by atoms with Crippen LogP contribution < -0.4 is 10.6 Å². The zero-order valence-electron chi connectivity index (χ0n) is 10.4. The number of rotatable bonds is 5. The van der Waals surface area contributed by atoms with Gasteiger partial charge in [-0.1, -0.05) is 0 Å². The van der Waals surface area contributed by atoms with Gasteiger partial charge < -0.3 is 10.6 Å². The van der Waals surface area contributed by atoms with E-state index in [-0.39, 0.29) is 0 Å². The molecule has 0 radical (unpaired) electrons. The number of nitrogens with zero attached hydrogens (tertiary/aromatic N) is 3. The Kier molecular flexibility index (Phi) is 2.65. The van der Waals surface area contributed by atoms with Crippen molar-refractivity contribution < 1.29 is 0 Å². The Hall–Kier alpha value is -1.32. The predicted octanol–water partition coefficient (Wildman–Crippen LogP) is 1.99. The maximum atomic E-state index is 5.87. The second-order valence-electron chi connectivity index (χ2n) is 5.50. The summed E-state index contributed by atoms with van der Waals surface area (Å²) in [5, 5.41) is 0. The monoisotopic (exact) mass is 232 g/mol. The van der Waals surface area contributed by atoms with Crippen molar-refractivity contribution >= 4 is 11.6 Å². The molecule has 0 spiro atoms. The number of hydrogen-bond donors (Lipinski definition) is 1. The molecule has 0 bridgehead atoms. The lowest BCUT2D eigenvalue weighted by Gasteiger charge is -2.25. The molecule has 4 heteroatoms. The molecule has 2 fully saturated rings. The number of anilines is 2. The van der Waals surface area contributed by atoms with Gasteiger partial charge in [0.2, 0.25) is 0 Å². The molecule has 0 atom stereocenters. The van der Waals surface area contributed by atoms with Crippen molar-refractivity contribution in [3.05, 3.63) is 11.9 Å². The Morgan fingerprint density at radius 1 is 1.18 bits per heavy atom. The first kappa shape index (κ1) is 10.8. The van der Waals surface area contributed by atoms with E-state index >= 15 is 0 Å². The van der Waals surface area contributed by atoms with E-state index in [9.17, 15) is 0 Å². The molecule has 0 amide bonds. The Morgan fingerprint density at radius 2 is 1.76 bits per heavy atom. The first-order valence-electron chi connectivity index (χ1n) is 6.56. The summed E-state index contributed by atoms with van der Waals surface area (Å²) in [6.07, 6.45) is 7.09. The molecule has 2 N–H and O–H groups in total. The van der Waals surface area contributed by atoms with E-state index in [0.29, 0.717) is 5.82 Å². The summed E-state index contributed by atoms with van der Waals surface area (Å²) in [6, 6.07) is 0. The first-order chi connectivity index (χ1) is 8.24. The van der Waals surface area contributed by atoms with Crippen LogP contribution in [0, 0.1) is 18.8 Å². The van der Waals surface area contributed by atoms with Gasteiger partial charge in [-0.3, -0.25) is 0 Å². The molecule has 1 aromatic heterocycles. The summed E-state index contributed by atoms with van der Waals surface area (Å²) < 4.78 is 0. The number of nitrogen functional groups attached to an aromatic ring is 1. The summed E-state index contributed by atoms with van der Waals surface area (Å²) in [7, 11) is 0. The second-order valence-corrected chi connectivity index (χ2v) is 5.50. The lowest BCUT2D eigenvalue weighted by molar-refractivity contribution is 0.669. The van der Waals surface area contributed by atoms with Crippen LogP contribution in [0.1, 0.15) is 31.2 Å². The fourth-order valence-electron chi connectivity index (χ4n) is 2.24. The summed E-state index contributed by atoms with van der Waals surface area (Å²) in [5.74, 6) is 3.43. The Morgan fingerprint density at radius 3 is 2.29 bits per heavy atom. The van der Waals surface area contributed by atoms with Gasteiger partial charge in [-0.15, -0.1) is 0 Å². The smallest absolute Gasteiger partial charge is 0.137 e. The van der Waals surface area contributed by atoms with Crippen molar-refractivity contribution in [3.8, 4) is 0 Å². The summed E-state index contributed by atoms with van der Waals surface area (Å²) >= 11 is 0. The average molecular weight is 232 g/mol. The van der Waals surface area contributed by atoms with Crippen LogP contribution in [0.3, 0.4) is 0 Å². The van der Waals surface area contributed by atoms with E-state index in [1.165, 1.54) is 25.7 Å². The summed E-state index contributed by atoms with van der Waals surface area (Å²) in [4.78, 5) is 10.9. The predicted molar refractivity (Wildman–Crippen MR) is 68.8 cm³/mol. The van der Waals surface area contributed by atoms with Crippen LogP contribution in [0.25, 0.3) is 0 Å². The molecule has 2 aliphatic rings. The molecule has 1 aromatic rings. The van der Waals surface area contributed by atoms with E-state index < -0.39 is 0 Å². The molecule has 0 saturated heterocycles. The molecule has 2 aliphatic carbocycles. The van der Waals surface area contributed by atoms with Crippen molar-refractivity contribution in [3.63, 3.8) is 0 Å². The van der Waals surface area contributed by atoms with E-state index in [0.717, 1.165) is 36.3 Å². The topological polar surface area (TPSA) is 55.0 Å². The van der Waals surface area contributed by atoms with Gasteiger partial charge in [0, 0.05) is 18.7 Å². The second kappa shape index (κ2) is 4.17. The molecule has 0 aromatic carbocycles. The van der Waals surface area contributed by atoms with Crippen molar-refractivity contribution in [2.24, 2.45) is 11.8 Å². The first-order valence-corrected chi connectivity index (χ1v) is 6.56. The van der Waals surface area contributed by atoms with Gasteiger partial charge >= 0.3 is 0 Å². The van der Waals surface area contributed by atoms with Gasteiger partial charge in [-0.05, 0) is 44.4 Å². The molecule has 17 heavy (non-hydrogen) atoms. The zero-order chi connectivity index (χ0) is 11.8.